The van der Waals surface area contributed by atoms with Gasteiger partial charge in [-0.1, -0.05) is 12.1 Å². The van der Waals surface area contributed by atoms with Crippen molar-refractivity contribution < 1.29 is 9.72 Å². The van der Waals surface area contributed by atoms with Crippen LogP contribution in [-0.2, 0) is 11.3 Å². The zero-order valence-corrected chi connectivity index (χ0v) is 11.3. The molecule has 0 saturated heterocycles. The zero-order chi connectivity index (χ0) is 15.2. The first-order valence-corrected chi connectivity index (χ1v) is 6.11. The van der Waals surface area contributed by atoms with Crippen molar-refractivity contribution in [1.82, 2.24) is 15.2 Å². The van der Waals surface area contributed by atoms with E-state index in [9.17, 15) is 14.9 Å². The molecule has 0 aliphatic carbocycles. The van der Waals surface area contributed by atoms with Crippen molar-refractivity contribution in [1.29, 1.82) is 0 Å². The molecule has 8 heteroatoms. The summed E-state index contributed by atoms with van der Waals surface area (Å²) >= 11 is 0. The maximum atomic E-state index is 11.6. The molecule has 8 nitrogen and oxygen atoms in total. The summed E-state index contributed by atoms with van der Waals surface area (Å²) < 4.78 is 1.49. The van der Waals surface area contributed by atoms with E-state index in [1.54, 1.807) is 24.4 Å². The highest BCUT2D eigenvalue weighted by atomic mass is 16.6. The number of rotatable bonds is 5. The Kier molecular flexibility index (Phi) is 4.39. The Balaban J connectivity index is 1.91. The van der Waals surface area contributed by atoms with Crippen LogP contribution in [0, 0.1) is 17.0 Å². The SMILES string of the molecule is Cc1ccn(CC(=O)N/N=C/c2cccc([N+](=O)[O-])c2)n1. The molecule has 1 aromatic carbocycles. The van der Waals surface area contributed by atoms with E-state index in [0.717, 1.165) is 5.69 Å². The maximum Gasteiger partial charge on any atom is 0.270 e. The first-order chi connectivity index (χ1) is 10.0. The number of nitro groups is 1. The minimum atomic E-state index is -0.490. The minimum Gasteiger partial charge on any atom is -0.271 e. The number of benzene rings is 1. The lowest BCUT2D eigenvalue weighted by molar-refractivity contribution is -0.384. The number of carbonyl (C=O) groups excluding carboxylic acids is 1. The molecule has 21 heavy (non-hydrogen) atoms. The summed E-state index contributed by atoms with van der Waals surface area (Å²) in [5.74, 6) is -0.334. The first kappa shape index (κ1) is 14.4. The van der Waals surface area contributed by atoms with Gasteiger partial charge in [-0.05, 0) is 13.0 Å². The van der Waals surface area contributed by atoms with Crippen molar-refractivity contribution >= 4 is 17.8 Å². The van der Waals surface area contributed by atoms with Crippen LogP contribution in [0.25, 0.3) is 0 Å². The smallest absolute Gasteiger partial charge is 0.270 e. The summed E-state index contributed by atoms with van der Waals surface area (Å²) in [5.41, 5.74) is 3.66. The molecule has 2 rings (SSSR count). The molecule has 2 aromatic rings. The number of carbonyl (C=O) groups is 1. The number of hydrogen-bond acceptors (Lipinski definition) is 5. The number of nitro benzene ring substituents is 1. The highest BCUT2D eigenvalue weighted by molar-refractivity contribution is 5.83. The number of non-ortho nitro benzene ring substituents is 1. The quantitative estimate of drug-likeness (QED) is 0.508. The molecule has 0 spiro atoms. The van der Waals surface area contributed by atoms with Gasteiger partial charge in [-0.3, -0.25) is 19.6 Å². The van der Waals surface area contributed by atoms with Gasteiger partial charge in [0, 0.05) is 23.9 Å². The van der Waals surface area contributed by atoms with Crippen LogP contribution in [0.1, 0.15) is 11.3 Å². The molecule has 1 N–H and O–H groups in total. The lowest BCUT2D eigenvalue weighted by Gasteiger charge is -2.00. The van der Waals surface area contributed by atoms with E-state index in [1.165, 1.54) is 23.0 Å². The molecular weight excluding hydrogens is 274 g/mol. The minimum absolute atomic E-state index is 0.0303. The topological polar surface area (TPSA) is 102 Å². The van der Waals surface area contributed by atoms with Crippen LogP contribution in [0.3, 0.4) is 0 Å². The molecule has 0 aliphatic rings. The molecule has 0 unspecified atom stereocenters. The molecule has 0 fully saturated rings. The van der Waals surface area contributed by atoms with Crippen LogP contribution in [0.5, 0.6) is 0 Å². The molecule has 1 amide bonds. The average Bonchev–Trinajstić information content (AvgIpc) is 2.84. The number of hydrazone groups is 1. The first-order valence-electron chi connectivity index (χ1n) is 6.11. The predicted molar refractivity (Wildman–Crippen MR) is 75.8 cm³/mol. The van der Waals surface area contributed by atoms with Crippen LogP contribution in [0.4, 0.5) is 5.69 Å². The number of aromatic nitrogens is 2. The normalized spacial score (nSPS) is 10.7. The van der Waals surface area contributed by atoms with Crippen molar-refractivity contribution in [2.24, 2.45) is 5.10 Å². The van der Waals surface area contributed by atoms with Crippen LogP contribution >= 0.6 is 0 Å². The number of amides is 1. The molecule has 0 saturated carbocycles. The van der Waals surface area contributed by atoms with Gasteiger partial charge in [0.25, 0.3) is 11.6 Å². The highest BCUT2D eigenvalue weighted by Gasteiger charge is 2.04. The van der Waals surface area contributed by atoms with Gasteiger partial charge in [0.1, 0.15) is 6.54 Å². The van der Waals surface area contributed by atoms with Crippen molar-refractivity contribution in [3.63, 3.8) is 0 Å². The largest absolute Gasteiger partial charge is 0.271 e. The Hall–Kier alpha value is -3.03. The van der Waals surface area contributed by atoms with Crippen molar-refractivity contribution in [2.45, 2.75) is 13.5 Å². The van der Waals surface area contributed by atoms with Crippen LogP contribution in [-0.4, -0.2) is 26.8 Å². The second-order valence-corrected chi connectivity index (χ2v) is 4.30. The van der Waals surface area contributed by atoms with Gasteiger partial charge in [0.05, 0.1) is 16.8 Å². The number of nitrogens with zero attached hydrogens (tertiary/aromatic N) is 4. The van der Waals surface area contributed by atoms with Crippen molar-refractivity contribution in [2.75, 3.05) is 0 Å². The van der Waals surface area contributed by atoms with E-state index < -0.39 is 4.92 Å². The van der Waals surface area contributed by atoms with Crippen LogP contribution in [0.15, 0.2) is 41.6 Å². The van der Waals surface area contributed by atoms with Crippen LogP contribution in [0.2, 0.25) is 0 Å². The fourth-order valence-electron chi connectivity index (χ4n) is 1.63. The fourth-order valence-corrected chi connectivity index (χ4v) is 1.63. The van der Waals surface area contributed by atoms with E-state index in [1.807, 2.05) is 6.92 Å². The van der Waals surface area contributed by atoms with E-state index in [2.05, 4.69) is 15.6 Å². The Bertz CT molecular complexity index is 693. The standard InChI is InChI=1S/C13H13N5O3/c1-10-5-6-17(16-10)9-13(19)15-14-8-11-3-2-4-12(7-11)18(20)21/h2-8H,9H2,1H3,(H,15,19)/b14-8+. The van der Waals surface area contributed by atoms with Gasteiger partial charge < -0.3 is 0 Å². The Morgan fingerprint density at radius 3 is 3.00 bits per heavy atom. The fraction of sp³-hybridized carbons (Fsp3) is 0.154. The van der Waals surface area contributed by atoms with Gasteiger partial charge in [0.15, 0.2) is 0 Å². The molecule has 0 atom stereocenters. The average molecular weight is 287 g/mol. The lowest BCUT2D eigenvalue weighted by atomic mass is 10.2. The monoisotopic (exact) mass is 287 g/mol. The third-order valence-electron chi connectivity index (χ3n) is 2.56. The molecule has 0 radical (unpaired) electrons. The predicted octanol–water partition coefficient (Wildman–Crippen LogP) is 1.25. The van der Waals surface area contributed by atoms with Gasteiger partial charge >= 0.3 is 0 Å². The summed E-state index contributed by atoms with van der Waals surface area (Å²) in [6, 6.07) is 7.75. The van der Waals surface area contributed by atoms with Gasteiger partial charge in [-0.25, -0.2) is 5.43 Å². The van der Waals surface area contributed by atoms with Crippen molar-refractivity contribution in [3.05, 3.63) is 57.9 Å². The molecule has 108 valence electrons. The zero-order valence-electron chi connectivity index (χ0n) is 11.3. The Morgan fingerprint density at radius 1 is 1.52 bits per heavy atom. The number of aryl methyl sites for hydroxylation is 1. The van der Waals surface area contributed by atoms with Crippen LogP contribution < -0.4 is 5.43 Å². The third-order valence-corrected chi connectivity index (χ3v) is 2.56. The summed E-state index contributed by atoms with van der Waals surface area (Å²) in [6.45, 7) is 1.88. The van der Waals surface area contributed by atoms with Gasteiger partial charge in [0.2, 0.25) is 0 Å². The summed E-state index contributed by atoms with van der Waals surface area (Å²) in [5, 5.41) is 18.5. The van der Waals surface area contributed by atoms with Gasteiger partial charge in [-0.2, -0.15) is 10.2 Å². The Morgan fingerprint density at radius 2 is 2.33 bits per heavy atom. The second kappa shape index (κ2) is 6.42. The van der Waals surface area contributed by atoms with Gasteiger partial charge in [-0.15, -0.1) is 0 Å². The lowest BCUT2D eigenvalue weighted by Crippen LogP contribution is -2.23. The second-order valence-electron chi connectivity index (χ2n) is 4.30. The molecule has 1 aromatic heterocycles. The molecule has 0 aliphatic heterocycles. The Labute approximate surface area is 120 Å². The summed E-state index contributed by atoms with van der Waals surface area (Å²) in [6.07, 6.45) is 3.04. The summed E-state index contributed by atoms with van der Waals surface area (Å²) in [7, 11) is 0. The third kappa shape index (κ3) is 4.23. The van der Waals surface area contributed by atoms with E-state index in [0.29, 0.717) is 5.56 Å². The van der Waals surface area contributed by atoms with Crippen molar-refractivity contribution in [3.8, 4) is 0 Å². The van der Waals surface area contributed by atoms with E-state index in [-0.39, 0.29) is 18.1 Å². The maximum absolute atomic E-state index is 11.6. The van der Waals surface area contributed by atoms with E-state index >= 15 is 0 Å². The highest BCUT2D eigenvalue weighted by Crippen LogP contribution is 2.11. The molecular formula is C13H13N5O3. The van der Waals surface area contributed by atoms with E-state index in [4.69, 9.17) is 0 Å². The molecule has 0 bridgehead atoms. The number of nitrogens with one attached hydrogen (secondary N) is 1. The summed E-state index contributed by atoms with van der Waals surface area (Å²) in [4.78, 5) is 21.7. The molecule has 1 heterocycles. The number of hydrogen-bond donors (Lipinski definition) is 1.